The first-order valence-corrected chi connectivity index (χ1v) is 11.3. The van der Waals surface area contributed by atoms with Crippen molar-refractivity contribution in [1.82, 2.24) is 24.6 Å². The number of hydrogen-bond acceptors (Lipinski definition) is 5. The van der Waals surface area contributed by atoms with Gasteiger partial charge in [0.1, 0.15) is 23.5 Å². The van der Waals surface area contributed by atoms with Crippen molar-refractivity contribution >= 4 is 16.9 Å². The molecule has 0 unspecified atom stereocenters. The first-order valence-electron chi connectivity index (χ1n) is 11.3. The van der Waals surface area contributed by atoms with Gasteiger partial charge in [0.05, 0.1) is 18.0 Å². The fourth-order valence-corrected chi connectivity index (χ4v) is 4.42. The highest BCUT2D eigenvalue weighted by Gasteiger charge is 2.29. The molecule has 35 heavy (non-hydrogen) atoms. The molecule has 1 atom stereocenters. The van der Waals surface area contributed by atoms with E-state index in [0.29, 0.717) is 35.9 Å². The third-order valence-electron chi connectivity index (χ3n) is 6.10. The Morgan fingerprint density at radius 1 is 1.20 bits per heavy atom. The van der Waals surface area contributed by atoms with Gasteiger partial charge < -0.3 is 9.64 Å². The summed E-state index contributed by atoms with van der Waals surface area (Å²) >= 11 is 0. The predicted octanol–water partition coefficient (Wildman–Crippen LogP) is 5.40. The molecule has 1 aliphatic rings. The number of ether oxygens (including phenoxy) is 1. The molecule has 0 spiro atoms. The van der Waals surface area contributed by atoms with Gasteiger partial charge in [0.25, 0.3) is 6.43 Å². The minimum Gasteiger partial charge on any atom is -0.457 e. The van der Waals surface area contributed by atoms with Crippen LogP contribution in [0.5, 0.6) is 11.5 Å². The molecule has 9 heteroatoms. The van der Waals surface area contributed by atoms with Crippen molar-refractivity contribution in [3.63, 3.8) is 0 Å². The van der Waals surface area contributed by atoms with Gasteiger partial charge in [-0.15, -0.1) is 0 Å². The Labute approximate surface area is 200 Å². The minimum atomic E-state index is -2.56. The smallest absolute Gasteiger partial charge is 0.263 e. The molecular formula is C26H23F2N5O2. The van der Waals surface area contributed by atoms with Crippen LogP contribution in [0.15, 0.2) is 73.7 Å². The molecule has 0 radical (unpaired) electrons. The second-order valence-corrected chi connectivity index (χ2v) is 8.32. The number of hydrogen-bond donors (Lipinski definition) is 0. The van der Waals surface area contributed by atoms with Gasteiger partial charge in [0.2, 0.25) is 5.91 Å². The third kappa shape index (κ3) is 4.62. The Balaban J connectivity index is 1.41. The van der Waals surface area contributed by atoms with Crippen molar-refractivity contribution in [2.24, 2.45) is 0 Å². The molecule has 3 heterocycles. The zero-order valence-electron chi connectivity index (χ0n) is 18.8. The van der Waals surface area contributed by atoms with E-state index in [2.05, 4.69) is 16.5 Å². The maximum absolute atomic E-state index is 13.0. The summed E-state index contributed by atoms with van der Waals surface area (Å²) in [5.41, 5.74) is 2.15. The zero-order chi connectivity index (χ0) is 24.4. The highest BCUT2D eigenvalue weighted by atomic mass is 19.3. The molecule has 1 fully saturated rings. The average molecular weight is 475 g/mol. The molecule has 0 N–H and O–H groups in total. The van der Waals surface area contributed by atoms with Gasteiger partial charge in [-0.3, -0.25) is 4.79 Å². The van der Waals surface area contributed by atoms with Crippen molar-refractivity contribution in [3.05, 3.63) is 79.3 Å². The lowest BCUT2D eigenvalue weighted by Crippen LogP contribution is -2.37. The van der Waals surface area contributed by atoms with E-state index in [1.165, 1.54) is 30.6 Å². The van der Waals surface area contributed by atoms with E-state index in [1.54, 1.807) is 24.4 Å². The topological polar surface area (TPSA) is 73.1 Å². The summed E-state index contributed by atoms with van der Waals surface area (Å²) in [4.78, 5) is 22.7. The van der Waals surface area contributed by atoms with Crippen LogP contribution in [0.25, 0.3) is 22.3 Å². The van der Waals surface area contributed by atoms with Crippen LogP contribution in [0.4, 0.5) is 8.78 Å². The number of likely N-dealkylation sites (tertiary alicyclic amines) is 1. The number of carbonyl (C=O) groups is 1. The van der Waals surface area contributed by atoms with E-state index < -0.39 is 6.43 Å². The zero-order valence-corrected chi connectivity index (χ0v) is 18.8. The highest BCUT2D eigenvalue weighted by Crippen LogP contribution is 2.31. The molecule has 178 valence electrons. The number of fused-ring (bicyclic) bond motifs is 1. The third-order valence-corrected chi connectivity index (χ3v) is 6.10. The normalized spacial score (nSPS) is 15.6. The molecule has 1 saturated heterocycles. The lowest BCUT2D eigenvalue weighted by atomic mass is 10.1. The highest BCUT2D eigenvalue weighted by molar-refractivity contribution is 5.90. The van der Waals surface area contributed by atoms with Crippen LogP contribution >= 0.6 is 0 Å². The van der Waals surface area contributed by atoms with Crippen molar-refractivity contribution in [2.75, 3.05) is 6.54 Å². The Bertz CT molecular complexity index is 1370. The molecular weight excluding hydrogens is 452 g/mol. The lowest BCUT2D eigenvalue weighted by Gasteiger charge is -2.23. The fraction of sp³-hybridized carbons (Fsp3) is 0.231. The van der Waals surface area contributed by atoms with Gasteiger partial charge in [0.15, 0.2) is 5.65 Å². The SMILES string of the molecule is C=CC(=O)N1CCC[C@@H]1Cn1nc(-c2ccc(Oc3cccc(C(F)F)c3)cc2)c2cncnc21. The second kappa shape index (κ2) is 9.61. The first kappa shape index (κ1) is 22.6. The summed E-state index contributed by atoms with van der Waals surface area (Å²) in [6, 6.07) is 13.1. The Kier molecular flexibility index (Phi) is 6.22. The van der Waals surface area contributed by atoms with Crippen molar-refractivity contribution < 1.29 is 18.3 Å². The standard InChI is InChI=1S/C26H23F2N5O2/c1-2-23(34)32-12-4-6-19(32)15-33-26-22(14-29-16-30-26)24(31-33)17-8-10-20(11-9-17)35-21-7-3-5-18(13-21)25(27)28/h2-3,5,7-11,13-14,16,19,25H,1,4,6,12,15H2/t19-/m1/s1. The Morgan fingerprint density at radius 3 is 2.80 bits per heavy atom. The van der Waals surface area contributed by atoms with E-state index in [4.69, 9.17) is 9.84 Å². The Morgan fingerprint density at radius 2 is 2.03 bits per heavy atom. The molecule has 7 nitrogen and oxygen atoms in total. The Hall–Kier alpha value is -4.14. The van der Waals surface area contributed by atoms with Crippen LogP contribution in [0.3, 0.4) is 0 Å². The average Bonchev–Trinajstić information content (AvgIpc) is 3.49. The number of nitrogens with zero attached hydrogens (tertiary/aromatic N) is 5. The summed E-state index contributed by atoms with van der Waals surface area (Å²) in [7, 11) is 0. The molecule has 1 aliphatic heterocycles. The van der Waals surface area contributed by atoms with Gasteiger partial charge in [-0.25, -0.2) is 23.4 Å². The second-order valence-electron chi connectivity index (χ2n) is 8.32. The van der Waals surface area contributed by atoms with Gasteiger partial charge in [0, 0.05) is 23.9 Å². The summed E-state index contributed by atoms with van der Waals surface area (Å²) < 4.78 is 33.5. The van der Waals surface area contributed by atoms with Crippen molar-refractivity contribution in [2.45, 2.75) is 31.9 Å². The largest absolute Gasteiger partial charge is 0.457 e. The van der Waals surface area contributed by atoms with Crippen LogP contribution in [-0.4, -0.2) is 43.1 Å². The van der Waals surface area contributed by atoms with Gasteiger partial charge in [-0.05, 0) is 55.3 Å². The molecule has 2 aromatic carbocycles. The van der Waals surface area contributed by atoms with Crippen LogP contribution in [0.1, 0.15) is 24.8 Å². The van der Waals surface area contributed by atoms with Gasteiger partial charge in [-0.1, -0.05) is 18.7 Å². The minimum absolute atomic E-state index is 0.0196. The number of aromatic nitrogens is 4. The molecule has 0 bridgehead atoms. The number of alkyl halides is 2. The molecule has 4 aromatic rings. The molecule has 1 amide bonds. The van der Waals surface area contributed by atoms with Gasteiger partial charge >= 0.3 is 0 Å². The van der Waals surface area contributed by atoms with Crippen LogP contribution in [0, 0.1) is 0 Å². The van der Waals surface area contributed by atoms with E-state index in [9.17, 15) is 13.6 Å². The van der Waals surface area contributed by atoms with Crippen molar-refractivity contribution in [3.8, 4) is 22.8 Å². The van der Waals surface area contributed by atoms with Crippen LogP contribution in [0.2, 0.25) is 0 Å². The molecule has 2 aromatic heterocycles. The van der Waals surface area contributed by atoms with Gasteiger partial charge in [-0.2, -0.15) is 5.10 Å². The first-order chi connectivity index (χ1) is 17.0. The van der Waals surface area contributed by atoms with E-state index in [-0.39, 0.29) is 17.5 Å². The van der Waals surface area contributed by atoms with E-state index >= 15 is 0 Å². The summed E-state index contributed by atoms with van der Waals surface area (Å²) in [5, 5.41) is 5.61. The summed E-state index contributed by atoms with van der Waals surface area (Å²) in [6.45, 7) is 4.84. The number of rotatable bonds is 7. The fourth-order valence-electron chi connectivity index (χ4n) is 4.42. The quantitative estimate of drug-likeness (QED) is 0.335. The summed E-state index contributed by atoms with van der Waals surface area (Å²) in [6.07, 6.45) is 3.82. The molecule has 5 rings (SSSR count). The van der Waals surface area contributed by atoms with E-state index in [0.717, 1.165) is 23.8 Å². The monoisotopic (exact) mass is 475 g/mol. The van der Waals surface area contributed by atoms with Crippen LogP contribution < -0.4 is 4.74 Å². The number of benzene rings is 2. The number of amides is 1. The summed E-state index contributed by atoms with van der Waals surface area (Å²) in [5.74, 6) is 0.784. The van der Waals surface area contributed by atoms with E-state index in [1.807, 2.05) is 21.7 Å². The lowest BCUT2D eigenvalue weighted by molar-refractivity contribution is -0.127. The number of halogens is 2. The van der Waals surface area contributed by atoms with Crippen LogP contribution in [-0.2, 0) is 11.3 Å². The maximum atomic E-state index is 13.0. The predicted molar refractivity (Wildman–Crippen MR) is 127 cm³/mol. The number of carbonyl (C=O) groups excluding carboxylic acids is 1. The van der Waals surface area contributed by atoms with Crippen molar-refractivity contribution in [1.29, 1.82) is 0 Å². The maximum Gasteiger partial charge on any atom is 0.263 e. The molecule has 0 aliphatic carbocycles. The molecule has 0 saturated carbocycles.